The maximum absolute atomic E-state index is 11.2. The van der Waals surface area contributed by atoms with Crippen molar-refractivity contribution in [3.63, 3.8) is 0 Å². The molecule has 0 radical (unpaired) electrons. The highest BCUT2D eigenvalue weighted by Crippen LogP contribution is 2.41. The van der Waals surface area contributed by atoms with Gasteiger partial charge in [0, 0.05) is 5.56 Å². The molecule has 0 aromatic heterocycles. The molecule has 2 rings (SSSR count). The molecule has 4 nitrogen and oxygen atoms in total. The topological polar surface area (TPSA) is 89.3 Å². The molecule has 4 heteroatoms. The third-order valence-electron chi connectivity index (χ3n) is 3.54. The van der Waals surface area contributed by atoms with Gasteiger partial charge in [-0.05, 0) is 30.9 Å². The highest BCUT2D eigenvalue weighted by molar-refractivity contribution is 5.99. The predicted molar refractivity (Wildman–Crippen MR) is 66.9 cm³/mol. The minimum atomic E-state index is -0.542. The van der Waals surface area contributed by atoms with Crippen LogP contribution in [0.3, 0.4) is 0 Å². The van der Waals surface area contributed by atoms with Gasteiger partial charge in [0.25, 0.3) is 5.91 Å². The number of aromatic hydroxyl groups is 1. The Balaban J connectivity index is 2.43. The number of primary amides is 1. The van der Waals surface area contributed by atoms with Gasteiger partial charge in [0.1, 0.15) is 5.75 Å². The first-order valence-corrected chi connectivity index (χ1v) is 6.02. The van der Waals surface area contributed by atoms with Gasteiger partial charge in [-0.2, -0.15) is 0 Å². The molecular formula is C13H18N2O2. The lowest BCUT2D eigenvalue weighted by atomic mass is 9.82. The average molecular weight is 234 g/mol. The molecular weight excluding hydrogens is 216 g/mol. The molecule has 0 unspecified atom stereocenters. The Labute approximate surface area is 101 Å². The van der Waals surface area contributed by atoms with Gasteiger partial charge < -0.3 is 16.6 Å². The van der Waals surface area contributed by atoms with Crippen LogP contribution < -0.4 is 11.5 Å². The van der Waals surface area contributed by atoms with Crippen molar-refractivity contribution in [1.82, 2.24) is 0 Å². The quantitative estimate of drug-likeness (QED) is 0.685. The van der Waals surface area contributed by atoms with E-state index in [4.69, 9.17) is 11.5 Å². The molecule has 1 fully saturated rings. The van der Waals surface area contributed by atoms with Gasteiger partial charge in [-0.1, -0.05) is 19.3 Å². The molecule has 1 amide bonds. The van der Waals surface area contributed by atoms with Crippen LogP contribution in [0.5, 0.6) is 5.75 Å². The predicted octanol–water partition coefficient (Wildman–Crippen LogP) is 2.12. The van der Waals surface area contributed by atoms with E-state index in [1.807, 2.05) is 0 Å². The summed E-state index contributed by atoms with van der Waals surface area (Å²) in [5.41, 5.74) is 12.6. The van der Waals surface area contributed by atoms with Gasteiger partial charge in [0.05, 0.1) is 11.3 Å². The van der Waals surface area contributed by atoms with Crippen LogP contribution in [0.4, 0.5) is 5.69 Å². The van der Waals surface area contributed by atoms with Gasteiger partial charge in [-0.15, -0.1) is 0 Å². The summed E-state index contributed by atoms with van der Waals surface area (Å²) < 4.78 is 0. The number of phenolic OH excluding ortho intramolecular Hbond substituents is 1. The maximum Gasteiger partial charge on any atom is 0.250 e. The lowest BCUT2D eigenvalue weighted by molar-refractivity contribution is 0.100. The number of amides is 1. The summed E-state index contributed by atoms with van der Waals surface area (Å²) in [4.78, 5) is 11.2. The number of carbonyl (C=O) groups excluding carboxylic acids is 1. The van der Waals surface area contributed by atoms with Crippen LogP contribution in [0.1, 0.15) is 53.9 Å². The Morgan fingerprint density at radius 3 is 2.47 bits per heavy atom. The molecule has 0 spiro atoms. The second-order valence-corrected chi connectivity index (χ2v) is 4.66. The molecule has 1 aromatic rings. The molecule has 0 heterocycles. The van der Waals surface area contributed by atoms with Crippen molar-refractivity contribution in [2.24, 2.45) is 5.73 Å². The Morgan fingerprint density at radius 1 is 1.24 bits per heavy atom. The fraction of sp³-hybridized carbons (Fsp3) is 0.462. The molecule has 0 aliphatic heterocycles. The van der Waals surface area contributed by atoms with E-state index >= 15 is 0 Å². The van der Waals surface area contributed by atoms with E-state index in [-0.39, 0.29) is 11.7 Å². The third kappa shape index (κ3) is 2.20. The Kier molecular flexibility index (Phi) is 3.22. The number of phenols is 1. The number of hydrogen-bond acceptors (Lipinski definition) is 3. The van der Waals surface area contributed by atoms with Gasteiger partial charge in [0.2, 0.25) is 0 Å². The minimum Gasteiger partial charge on any atom is -0.508 e. The van der Waals surface area contributed by atoms with Gasteiger partial charge >= 0.3 is 0 Å². The maximum atomic E-state index is 11.2. The van der Waals surface area contributed by atoms with E-state index in [2.05, 4.69) is 0 Å². The van der Waals surface area contributed by atoms with Crippen molar-refractivity contribution >= 4 is 11.6 Å². The number of hydrogen-bond donors (Lipinski definition) is 3. The van der Waals surface area contributed by atoms with Crippen molar-refractivity contribution in [3.05, 3.63) is 23.3 Å². The first kappa shape index (κ1) is 11.8. The highest BCUT2D eigenvalue weighted by atomic mass is 16.3. The summed E-state index contributed by atoms with van der Waals surface area (Å²) in [5, 5.41) is 9.92. The lowest BCUT2D eigenvalue weighted by Crippen LogP contribution is -2.16. The summed E-state index contributed by atoms with van der Waals surface area (Å²) in [6.45, 7) is 0. The first-order chi connectivity index (χ1) is 8.11. The summed E-state index contributed by atoms with van der Waals surface area (Å²) in [6.07, 6.45) is 5.54. The van der Waals surface area contributed by atoms with Crippen LogP contribution in [0.2, 0.25) is 0 Å². The fourth-order valence-electron chi connectivity index (χ4n) is 2.66. The zero-order valence-corrected chi connectivity index (χ0v) is 9.78. The molecule has 1 aliphatic rings. The standard InChI is InChI=1S/C13H18N2O2/c14-12-9(13(15)17)6-7-10(16)11(12)8-4-2-1-3-5-8/h6-8,16H,1-5,14H2,(H2,15,17). The second-order valence-electron chi connectivity index (χ2n) is 4.66. The molecule has 1 aliphatic carbocycles. The number of carbonyl (C=O) groups is 1. The van der Waals surface area contributed by atoms with E-state index in [0.29, 0.717) is 16.8 Å². The average Bonchev–Trinajstić information content (AvgIpc) is 2.30. The van der Waals surface area contributed by atoms with E-state index in [1.165, 1.54) is 18.6 Å². The molecule has 1 saturated carbocycles. The largest absolute Gasteiger partial charge is 0.508 e. The molecule has 0 saturated heterocycles. The van der Waals surface area contributed by atoms with Crippen LogP contribution in [0, 0.1) is 0 Å². The van der Waals surface area contributed by atoms with Crippen LogP contribution >= 0.6 is 0 Å². The monoisotopic (exact) mass is 234 g/mol. The molecule has 0 bridgehead atoms. The van der Waals surface area contributed by atoms with Crippen molar-refractivity contribution in [1.29, 1.82) is 0 Å². The van der Waals surface area contributed by atoms with Gasteiger partial charge in [-0.3, -0.25) is 4.79 Å². The second kappa shape index (κ2) is 4.65. The molecule has 1 aromatic carbocycles. The zero-order chi connectivity index (χ0) is 12.4. The molecule has 0 atom stereocenters. The number of nitrogen functional groups attached to an aromatic ring is 1. The van der Waals surface area contributed by atoms with Crippen LogP contribution in [0.25, 0.3) is 0 Å². The van der Waals surface area contributed by atoms with E-state index in [1.54, 1.807) is 0 Å². The summed E-state index contributed by atoms with van der Waals surface area (Å²) in [5.74, 6) is -0.109. The van der Waals surface area contributed by atoms with Crippen molar-refractivity contribution in [3.8, 4) is 5.75 Å². The van der Waals surface area contributed by atoms with Crippen LogP contribution in [0.15, 0.2) is 12.1 Å². The lowest BCUT2D eigenvalue weighted by Gasteiger charge is -2.24. The molecule has 92 valence electrons. The third-order valence-corrected chi connectivity index (χ3v) is 3.54. The van der Waals surface area contributed by atoms with Gasteiger partial charge in [0.15, 0.2) is 0 Å². The van der Waals surface area contributed by atoms with E-state index < -0.39 is 5.91 Å². The SMILES string of the molecule is NC(=O)c1ccc(O)c(C2CCCCC2)c1N. The number of nitrogens with two attached hydrogens (primary N) is 2. The number of rotatable bonds is 2. The van der Waals surface area contributed by atoms with Crippen LogP contribution in [-0.2, 0) is 0 Å². The fourth-order valence-corrected chi connectivity index (χ4v) is 2.66. The highest BCUT2D eigenvalue weighted by Gasteiger charge is 2.23. The Hall–Kier alpha value is -1.71. The van der Waals surface area contributed by atoms with Crippen molar-refractivity contribution in [2.75, 3.05) is 5.73 Å². The van der Waals surface area contributed by atoms with E-state index in [9.17, 15) is 9.90 Å². The zero-order valence-electron chi connectivity index (χ0n) is 9.78. The first-order valence-electron chi connectivity index (χ1n) is 6.02. The Morgan fingerprint density at radius 2 is 1.88 bits per heavy atom. The summed E-state index contributed by atoms with van der Waals surface area (Å²) in [7, 11) is 0. The smallest absolute Gasteiger partial charge is 0.250 e. The summed E-state index contributed by atoms with van der Waals surface area (Å²) >= 11 is 0. The number of anilines is 1. The van der Waals surface area contributed by atoms with Crippen LogP contribution in [-0.4, -0.2) is 11.0 Å². The molecule has 5 N–H and O–H groups in total. The Bertz CT molecular complexity index is 437. The van der Waals surface area contributed by atoms with E-state index in [0.717, 1.165) is 25.7 Å². The van der Waals surface area contributed by atoms with Crippen molar-refractivity contribution in [2.45, 2.75) is 38.0 Å². The number of benzene rings is 1. The summed E-state index contributed by atoms with van der Waals surface area (Å²) in [6, 6.07) is 3.00. The van der Waals surface area contributed by atoms with Gasteiger partial charge in [-0.25, -0.2) is 0 Å². The normalized spacial score (nSPS) is 16.9. The molecule has 17 heavy (non-hydrogen) atoms. The minimum absolute atomic E-state index is 0.180. The van der Waals surface area contributed by atoms with Crippen molar-refractivity contribution < 1.29 is 9.90 Å².